The van der Waals surface area contributed by atoms with Crippen LogP contribution in [0.4, 0.5) is 0 Å². The van der Waals surface area contributed by atoms with Gasteiger partial charge in [0.05, 0.1) is 0 Å². The monoisotopic (exact) mass is 195 g/mol. The summed E-state index contributed by atoms with van der Waals surface area (Å²) >= 11 is 0. The van der Waals surface area contributed by atoms with Crippen molar-refractivity contribution in [1.29, 1.82) is 0 Å². The highest BCUT2D eigenvalue weighted by Crippen LogP contribution is 2.31. The van der Waals surface area contributed by atoms with E-state index in [0.717, 1.165) is 0 Å². The maximum absolute atomic E-state index is 3.86. The summed E-state index contributed by atoms with van der Waals surface area (Å²) in [5, 5.41) is 0. The molecule has 0 heterocycles. The summed E-state index contributed by atoms with van der Waals surface area (Å²) in [7, 11) is 0. The molecule has 0 saturated carbocycles. The normalized spacial score (nSPS) is 15.4. The molecule has 1 nitrogen and oxygen atoms in total. The van der Waals surface area contributed by atoms with Gasteiger partial charge in [0.15, 0.2) is 0 Å². The Morgan fingerprint density at radius 1 is 1.43 bits per heavy atom. The quantitative estimate of drug-likeness (QED) is 0.575. The zero-order valence-corrected chi connectivity index (χ0v) is 10.4. The highest BCUT2D eigenvalue weighted by molar-refractivity contribution is 5.26. The SMILES string of the molecule is C=N/C=C(/C)C(CCC)CC(C)(C)C. The zero-order valence-electron chi connectivity index (χ0n) is 10.4. The molecule has 0 spiro atoms. The van der Waals surface area contributed by atoms with Gasteiger partial charge in [0, 0.05) is 6.20 Å². The second kappa shape index (κ2) is 6.00. The molecule has 0 aromatic heterocycles. The minimum atomic E-state index is 0.399. The Kier molecular flexibility index (Phi) is 5.75. The standard InChI is InChI=1S/C13H25N/c1-7-8-12(9-13(3,4)5)11(2)10-14-6/h10,12H,6-9H2,1-5H3/b11-10-. The van der Waals surface area contributed by atoms with Crippen molar-refractivity contribution in [2.24, 2.45) is 16.3 Å². The van der Waals surface area contributed by atoms with Gasteiger partial charge in [-0.1, -0.05) is 39.7 Å². The molecule has 1 unspecified atom stereocenters. The summed E-state index contributed by atoms with van der Waals surface area (Å²) in [6.45, 7) is 14.8. The predicted molar refractivity (Wildman–Crippen MR) is 65.8 cm³/mol. The highest BCUT2D eigenvalue weighted by atomic mass is 14.6. The van der Waals surface area contributed by atoms with Gasteiger partial charge < -0.3 is 0 Å². The topological polar surface area (TPSA) is 12.4 Å². The molecule has 0 saturated heterocycles. The number of hydrogen-bond acceptors (Lipinski definition) is 1. The van der Waals surface area contributed by atoms with Crippen LogP contribution in [0.5, 0.6) is 0 Å². The van der Waals surface area contributed by atoms with Crippen molar-refractivity contribution in [3.63, 3.8) is 0 Å². The van der Waals surface area contributed by atoms with E-state index >= 15 is 0 Å². The largest absolute Gasteiger partial charge is 0.273 e. The van der Waals surface area contributed by atoms with Crippen LogP contribution in [0, 0.1) is 11.3 Å². The molecular formula is C13H25N. The van der Waals surface area contributed by atoms with E-state index in [-0.39, 0.29) is 0 Å². The Hall–Kier alpha value is -0.590. The number of nitrogens with zero attached hydrogens (tertiary/aromatic N) is 1. The van der Waals surface area contributed by atoms with Crippen LogP contribution in [-0.2, 0) is 0 Å². The van der Waals surface area contributed by atoms with E-state index in [2.05, 4.69) is 46.3 Å². The summed E-state index contributed by atoms with van der Waals surface area (Å²) < 4.78 is 0. The van der Waals surface area contributed by atoms with Crippen LogP contribution in [0.25, 0.3) is 0 Å². The molecule has 0 bridgehead atoms. The molecular weight excluding hydrogens is 170 g/mol. The summed E-state index contributed by atoms with van der Waals surface area (Å²) in [6.07, 6.45) is 5.64. The number of allylic oxidation sites excluding steroid dienone is 1. The third kappa shape index (κ3) is 5.95. The maximum atomic E-state index is 3.86. The molecule has 0 amide bonds. The van der Waals surface area contributed by atoms with Crippen molar-refractivity contribution in [1.82, 2.24) is 0 Å². The molecule has 0 radical (unpaired) electrons. The molecule has 0 aliphatic carbocycles. The summed E-state index contributed by atoms with van der Waals surface area (Å²) in [5.41, 5.74) is 1.77. The van der Waals surface area contributed by atoms with Crippen molar-refractivity contribution in [2.45, 2.75) is 53.9 Å². The molecule has 1 heteroatoms. The van der Waals surface area contributed by atoms with E-state index in [4.69, 9.17) is 0 Å². The number of aliphatic imine (C=N–C) groups is 1. The van der Waals surface area contributed by atoms with E-state index in [1.807, 2.05) is 6.20 Å². The average molecular weight is 195 g/mol. The lowest BCUT2D eigenvalue weighted by atomic mass is 9.80. The Morgan fingerprint density at radius 3 is 2.36 bits per heavy atom. The van der Waals surface area contributed by atoms with E-state index < -0.39 is 0 Å². The third-order valence-electron chi connectivity index (χ3n) is 2.43. The third-order valence-corrected chi connectivity index (χ3v) is 2.43. The lowest BCUT2D eigenvalue weighted by Crippen LogP contribution is -2.14. The molecule has 0 N–H and O–H groups in total. The van der Waals surface area contributed by atoms with Gasteiger partial charge in [-0.2, -0.15) is 0 Å². The van der Waals surface area contributed by atoms with Gasteiger partial charge >= 0.3 is 0 Å². The molecule has 14 heavy (non-hydrogen) atoms. The van der Waals surface area contributed by atoms with Crippen molar-refractivity contribution < 1.29 is 0 Å². The zero-order chi connectivity index (χ0) is 11.2. The first-order chi connectivity index (χ1) is 6.40. The fourth-order valence-electron chi connectivity index (χ4n) is 1.83. The van der Waals surface area contributed by atoms with E-state index in [0.29, 0.717) is 11.3 Å². The van der Waals surface area contributed by atoms with Gasteiger partial charge in [-0.05, 0) is 37.8 Å². The van der Waals surface area contributed by atoms with Crippen LogP contribution in [0.2, 0.25) is 0 Å². The van der Waals surface area contributed by atoms with Gasteiger partial charge in [0.25, 0.3) is 0 Å². The van der Waals surface area contributed by atoms with Crippen molar-refractivity contribution in [3.8, 4) is 0 Å². The lowest BCUT2D eigenvalue weighted by Gasteiger charge is -2.26. The molecule has 0 aromatic rings. The fourth-order valence-corrected chi connectivity index (χ4v) is 1.83. The molecule has 0 aliphatic heterocycles. The molecule has 1 atom stereocenters. The second-order valence-corrected chi connectivity index (χ2v) is 5.31. The molecule has 0 aliphatic rings. The first-order valence-electron chi connectivity index (χ1n) is 5.53. The van der Waals surface area contributed by atoms with Gasteiger partial charge in [0.2, 0.25) is 0 Å². The van der Waals surface area contributed by atoms with Gasteiger partial charge in [-0.15, -0.1) is 0 Å². The predicted octanol–water partition coefficient (Wildman–Crippen LogP) is 4.44. The van der Waals surface area contributed by atoms with Crippen molar-refractivity contribution in [2.75, 3.05) is 0 Å². The highest BCUT2D eigenvalue weighted by Gasteiger charge is 2.19. The minimum Gasteiger partial charge on any atom is -0.273 e. The van der Waals surface area contributed by atoms with Crippen LogP contribution in [-0.4, -0.2) is 6.72 Å². The first kappa shape index (κ1) is 13.4. The van der Waals surface area contributed by atoms with Crippen LogP contribution in [0.15, 0.2) is 16.8 Å². The van der Waals surface area contributed by atoms with E-state index in [1.165, 1.54) is 24.8 Å². The first-order valence-corrected chi connectivity index (χ1v) is 5.53. The molecule has 0 aromatic carbocycles. The Labute approximate surface area is 89.3 Å². The second-order valence-electron chi connectivity index (χ2n) is 5.31. The van der Waals surface area contributed by atoms with Crippen LogP contribution in [0.3, 0.4) is 0 Å². The summed E-state index contributed by atoms with van der Waals surface area (Å²) in [5.74, 6) is 0.672. The van der Waals surface area contributed by atoms with E-state index in [1.54, 1.807) is 0 Å². The number of rotatable bonds is 5. The maximum Gasteiger partial charge on any atom is 0.0252 e. The van der Waals surface area contributed by atoms with E-state index in [9.17, 15) is 0 Å². The molecule has 0 rings (SSSR count). The summed E-state index contributed by atoms with van der Waals surface area (Å²) in [4.78, 5) is 3.86. The van der Waals surface area contributed by atoms with Crippen molar-refractivity contribution in [3.05, 3.63) is 11.8 Å². The van der Waals surface area contributed by atoms with Crippen LogP contribution in [0.1, 0.15) is 53.9 Å². The number of hydrogen-bond donors (Lipinski definition) is 0. The van der Waals surface area contributed by atoms with Crippen LogP contribution < -0.4 is 0 Å². The molecule has 0 fully saturated rings. The van der Waals surface area contributed by atoms with Gasteiger partial charge in [-0.25, -0.2) is 0 Å². The Bertz CT molecular complexity index is 196. The smallest absolute Gasteiger partial charge is 0.0252 e. The van der Waals surface area contributed by atoms with Gasteiger partial charge in [-0.3, -0.25) is 4.99 Å². The van der Waals surface area contributed by atoms with Crippen molar-refractivity contribution >= 4 is 6.72 Å². The minimum absolute atomic E-state index is 0.399. The fraction of sp³-hybridized carbons (Fsp3) is 0.769. The average Bonchev–Trinajstić information content (AvgIpc) is 2.01. The summed E-state index contributed by atoms with van der Waals surface area (Å²) in [6, 6.07) is 0. The lowest BCUT2D eigenvalue weighted by molar-refractivity contribution is 0.306. The molecule has 82 valence electrons. The van der Waals surface area contributed by atoms with Crippen LogP contribution >= 0.6 is 0 Å². The Balaban J connectivity index is 4.43. The Morgan fingerprint density at radius 2 is 2.00 bits per heavy atom. The van der Waals surface area contributed by atoms with Gasteiger partial charge in [0.1, 0.15) is 0 Å².